The van der Waals surface area contributed by atoms with Crippen LogP contribution in [0.2, 0.25) is 0 Å². The summed E-state index contributed by atoms with van der Waals surface area (Å²) < 4.78 is 19.5. The van der Waals surface area contributed by atoms with E-state index in [0.29, 0.717) is 18.1 Å². The average Bonchev–Trinajstić information content (AvgIpc) is 3.29. The summed E-state index contributed by atoms with van der Waals surface area (Å²) in [5, 5.41) is 11.8. The van der Waals surface area contributed by atoms with E-state index in [9.17, 15) is 14.0 Å². The second-order valence-corrected chi connectivity index (χ2v) is 7.10. The van der Waals surface area contributed by atoms with E-state index in [1.807, 2.05) is 0 Å². The molecule has 2 rings (SSSR count). The number of ether oxygens (including phenoxy) is 1. The molecule has 24 heavy (non-hydrogen) atoms. The van der Waals surface area contributed by atoms with Gasteiger partial charge in [-0.2, -0.15) is 0 Å². The van der Waals surface area contributed by atoms with Gasteiger partial charge in [-0.15, -0.1) is 0 Å². The van der Waals surface area contributed by atoms with Gasteiger partial charge in [-0.05, 0) is 57.2 Å². The van der Waals surface area contributed by atoms with Crippen LogP contribution in [-0.4, -0.2) is 23.6 Å². The first-order valence-electron chi connectivity index (χ1n) is 8.14. The second-order valence-electron chi connectivity index (χ2n) is 7.10. The van der Waals surface area contributed by atoms with E-state index in [2.05, 4.69) is 5.32 Å². The van der Waals surface area contributed by atoms with Crippen molar-refractivity contribution in [3.05, 3.63) is 29.6 Å². The molecule has 1 unspecified atom stereocenters. The normalized spacial score (nSPS) is 15.7. The lowest BCUT2D eigenvalue weighted by molar-refractivity contribution is -0.149. The third kappa shape index (κ3) is 4.94. The molecule has 0 saturated heterocycles. The lowest BCUT2D eigenvalue weighted by atomic mass is 9.89. The molecule has 1 atom stereocenters. The molecular weight excluding hydrogens is 313 g/mol. The van der Waals surface area contributed by atoms with Crippen LogP contribution in [-0.2, 0) is 9.59 Å². The quantitative estimate of drug-likeness (QED) is 0.763. The summed E-state index contributed by atoms with van der Waals surface area (Å²) in [6.07, 6.45) is 2.13. The molecule has 1 amide bonds. The number of carbonyl (C=O) groups excluding carboxylic acids is 1. The highest BCUT2D eigenvalue weighted by atomic mass is 19.1. The van der Waals surface area contributed by atoms with E-state index in [0.717, 1.165) is 12.8 Å². The van der Waals surface area contributed by atoms with Crippen LogP contribution in [0.5, 0.6) is 5.75 Å². The second kappa shape index (κ2) is 7.20. The van der Waals surface area contributed by atoms with Gasteiger partial charge in [-0.1, -0.05) is 6.07 Å². The fraction of sp³-hybridized carbons (Fsp3) is 0.556. The van der Waals surface area contributed by atoms with Crippen molar-refractivity contribution in [2.75, 3.05) is 6.61 Å². The highest BCUT2D eigenvalue weighted by Crippen LogP contribution is 2.30. The molecule has 0 bridgehead atoms. The maximum Gasteiger partial charge on any atom is 0.309 e. The predicted octanol–water partition coefficient (Wildman–Crippen LogP) is 3.29. The predicted molar refractivity (Wildman–Crippen MR) is 87.2 cm³/mol. The van der Waals surface area contributed by atoms with Gasteiger partial charge < -0.3 is 15.2 Å². The minimum absolute atomic E-state index is 0.141. The van der Waals surface area contributed by atoms with Crippen molar-refractivity contribution in [3.63, 3.8) is 0 Å². The molecule has 6 heteroatoms. The summed E-state index contributed by atoms with van der Waals surface area (Å²) in [6.45, 7) is 5.24. The number of carboxylic acid groups (broad SMARTS) is 1. The zero-order valence-corrected chi connectivity index (χ0v) is 14.3. The molecule has 1 saturated carbocycles. The first kappa shape index (κ1) is 18.2. The minimum atomic E-state index is -1.14. The molecule has 1 fully saturated rings. The Kier molecular flexibility index (Phi) is 5.47. The maximum atomic E-state index is 14.1. The number of carboxylic acids is 1. The van der Waals surface area contributed by atoms with Crippen LogP contribution in [0.3, 0.4) is 0 Å². The number of rotatable bonds is 8. The SMILES string of the molecule is CC(NC(=O)CC(C)(C)C(=O)O)c1ccc(OCC2CC2)c(F)c1. The highest BCUT2D eigenvalue weighted by Gasteiger charge is 2.30. The molecule has 0 aliphatic heterocycles. The lowest BCUT2D eigenvalue weighted by Crippen LogP contribution is -2.34. The number of halogens is 1. The monoisotopic (exact) mass is 337 g/mol. The molecule has 132 valence electrons. The van der Waals surface area contributed by atoms with E-state index < -0.39 is 23.2 Å². The summed E-state index contributed by atoms with van der Waals surface area (Å²) in [5.74, 6) is -1.12. The molecule has 1 aromatic rings. The highest BCUT2D eigenvalue weighted by molar-refractivity contribution is 5.84. The van der Waals surface area contributed by atoms with E-state index in [-0.39, 0.29) is 18.1 Å². The summed E-state index contributed by atoms with van der Waals surface area (Å²) >= 11 is 0. The Morgan fingerprint density at radius 2 is 2.08 bits per heavy atom. The molecule has 1 aromatic carbocycles. The van der Waals surface area contributed by atoms with Crippen molar-refractivity contribution in [2.24, 2.45) is 11.3 Å². The topological polar surface area (TPSA) is 75.6 Å². The molecule has 5 nitrogen and oxygen atoms in total. The van der Waals surface area contributed by atoms with Gasteiger partial charge >= 0.3 is 5.97 Å². The fourth-order valence-electron chi connectivity index (χ4n) is 2.25. The molecular formula is C18H24FNO4. The number of carbonyl (C=O) groups is 2. The average molecular weight is 337 g/mol. The largest absolute Gasteiger partial charge is 0.490 e. The summed E-state index contributed by atoms with van der Waals surface area (Å²) in [7, 11) is 0. The van der Waals surface area contributed by atoms with Crippen molar-refractivity contribution in [3.8, 4) is 5.75 Å². The van der Waals surface area contributed by atoms with Gasteiger partial charge in [0.25, 0.3) is 0 Å². The van der Waals surface area contributed by atoms with Gasteiger partial charge in [0, 0.05) is 6.42 Å². The molecule has 0 heterocycles. The number of hydrogen-bond donors (Lipinski definition) is 2. The third-order valence-electron chi connectivity index (χ3n) is 4.19. The van der Waals surface area contributed by atoms with Crippen LogP contribution in [0.15, 0.2) is 18.2 Å². The van der Waals surface area contributed by atoms with Crippen molar-refractivity contribution >= 4 is 11.9 Å². The van der Waals surface area contributed by atoms with Gasteiger partial charge in [0.15, 0.2) is 11.6 Å². The Hall–Kier alpha value is -2.11. The Labute approximate surface area is 141 Å². The van der Waals surface area contributed by atoms with Gasteiger partial charge in [0.1, 0.15) is 0 Å². The van der Waals surface area contributed by atoms with Gasteiger partial charge in [0.2, 0.25) is 5.91 Å². The van der Waals surface area contributed by atoms with Crippen LogP contribution < -0.4 is 10.1 Å². The van der Waals surface area contributed by atoms with Crippen molar-refractivity contribution in [1.82, 2.24) is 5.32 Å². The van der Waals surface area contributed by atoms with Crippen LogP contribution in [0.4, 0.5) is 4.39 Å². The smallest absolute Gasteiger partial charge is 0.309 e. The third-order valence-corrected chi connectivity index (χ3v) is 4.19. The molecule has 1 aliphatic rings. The minimum Gasteiger partial charge on any atom is -0.490 e. The van der Waals surface area contributed by atoms with E-state index in [1.54, 1.807) is 19.1 Å². The van der Waals surface area contributed by atoms with Crippen molar-refractivity contribution < 1.29 is 23.8 Å². The van der Waals surface area contributed by atoms with E-state index in [4.69, 9.17) is 9.84 Å². The van der Waals surface area contributed by atoms with Crippen molar-refractivity contribution in [2.45, 2.75) is 46.1 Å². The molecule has 1 aliphatic carbocycles. The Balaban J connectivity index is 1.93. The number of nitrogens with one attached hydrogen (secondary N) is 1. The number of amides is 1. The van der Waals surface area contributed by atoms with Crippen molar-refractivity contribution in [1.29, 1.82) is 0 Å². The number of benzene rings is 1. The zero-order valence-electron chi connectivity index (χ0n) is 14.3. The van der Waals surface area contributed by atoms with E-state index >= 15 is 0 Å². The molecule has 0 radical (unpaired) electrons. The Morgan fingerprint density at radius 1 is 1.42 bits per heavy atom. The molecule has 0 aromatic heterocycles. The molecule has 0 spiro atoms. The first-order valence-corrected chi connectivity index (χ1v) is 8.14. The summed E-state index contributed by atoms with van der Waals surface area (Å²) in [4.78, 5) is 23.1. The summed E-state index contributed by atoms with van der Waals surface area (Å²) in [6, 6.07) is 4.19. The van der Waals surface area contributed by atoms with Gasteiger partial charge in [-0.25, -0.2) is 4.39 Å². The zero-order chi connectivity index (χ0) is 17.9. The van der Waals surface area contributed by atoms with Crippen LogP contribution in [0.25, 0.3) is 0 Å². The van der Waals surface area contributed by atoms with Gasteiger partial charge in [0.05, 0.1) is 18.1 Å². The summed E-state index contributed by atoms with van der Waals surface area (Å²) in [5.41, 5.74) is -0.539. The van der Waals surface area contributed by atoms with Crippen LogP contribution in [0, 0.1) is 17.2 Å². The Morgan fingerprint density at radius 3 is 2.62 bits per heavy atom. The number of hydrogen-bond acceptors (Lipinski definition) is 3. The van der Waals surface area contributed by atoms with Crippen LogP contribution >= 0.6 is 0 Å². The lowest BCUT2D eigenvalue weighted by Gasteiger charge is -2.21. The number of aliphatic carboxylic acids is 1. The standard InChI is InChI=1S/C18H24FNO4/c1-11(20-16(21)9-18(2,3)17(22)23)13-6-7-15(14(19)8-13)24-10-12-4-5-12/h6-8,11-12H,4-5,9-10H2,1-3H3,(H,20,21)(H,22,23). The maximum absolute atomic E-state index is 14.1. The fourth-order valence-corrected chi connectivity index (χ4v) is 2.25. The van der Waals surface area contributed by atoms with E-state index in [1.165, 1.54) is 19.9 Å². The van der Waals surface area contributed by atoms with Crippen LogP contribution in [0.1, 0.15) is 51.6 Å². The Bertz CT molecular complexity index is 625. The molecule has 2 N–H and O–H groups in total. The van der Waals surface area contributed by atoms with Gasteiger partial charge in [-0.3, -0.25) is 9.59 Å². The first-order chi connectivity index (χ1) is 11.2.